The molecule has 134 valence electrons. The van der Waals surface area contributed by atoms with Crippen LogP contribution in [0.25, 0.3) is 0 Å². The SMILES string of the molecule is CC(C)NC(=O)NCCS(=O)(=O)N1CCN(c2ncccn2)CC1. The third-order valence-electron chi connectivity index (χ3n) is 3.53. The van der Waals surface area contributed by atoms with E-state index in [0.29, 0.717) is 32.1 Å². The number of sulfonamides is 1. The van der Waals surface area contributed by atoms with Crippen molar-refractivity contribution in [2.75, 3.05) is 43.4 Å². The third kappa shape index (κ3) is 5.31. The molecule has 1 aliphatic heterocycles. The molecule has 0 saturated carbocycles. The van der Waals surface area contributed by atoms with Gasteiger partial charge in [0.05, 0.1) is 5.75 Å². The van der Waals surface area contributed by atoms with Crippen molar-refractivity contribution in [2.24, 2.45) is 0 Å². The number of amides is 2. The third-order valence-corrected chi connectivity index (χ3v) is 5.40. The zero-order valence-electron chi connectivity index (χ0n) is 14.0. The number of aromatic nitrogens is 2. The Labute approximate surface area is 142 Å². The molecule has 1 aromatic heterocycles. The Morgan fingerprint density at radius 2 is 1.83 bits per heavy atom. The van der Waals surface area contributed by atoms with Crippen LogP contribution in [0.3, 0.4) is 0 Å². The average Bonchev–Trinajstić information content (AvgIpc) is 2.55. The van der Waals surface area contributed by atoms with Crippen LogP contribution in [0, 0.1) is 0 Å². The maximum absolute atomic E-state index is 12.3. The fourth-order valence-corrected chi connectivity index (χ4v) is 3.69. The summed E-state index contributed by atoms with van der Waals surface area (Å²) in [5, 5.41) is 5.21. The van der Waals surface area contributed by atoms with Gasteiger partial charge in [-0.15, -0.1) is 0 Å². The van der Waals surface area contributed by atoms with Crippen molar-refractivity contribution >= 4 is 22.0 Å². The molecule has 0 bridgehead atoms. The zero-order valence-corrected chi connectivity index (χ0v) is 14.8. The molecule has 1 saturated heterocycles. The lowest BCUT2D eigenvalue weighted by Gasteiger charge is -2.33. The molecule has 9 nitrogen and oxygen atoms in total. The summed E-state index contributed by atoms with van der Waals surface area (Å²) in [5.74, 6) is 0.502. The fourth-order valence-electron chi connectivity index (χ4n) is 2.36. The van der Waals surface area contributed by atoms with Gasteiger partial charge in [0.25, 0.3) is 0 Å². The second-order valence-corrected chi connectivity index (χ2v) is 7.89. The zero-order chi connectivity index (χ0) is 17.6. The van der Waals surface area contributed by atoms with E-state index in [2.05, 4.69) is 20.6 Å². The summed E-state index contributed by atoms with van der Waals surface area (Å²) in [6, 6.07) is 1.40. The van der Waals surface area contributed by atoms with Gasteiger partial charge in [-0.1, -0.05) is 0 Å². The summed E-state index contributed by atoms with van der Waals surface area (Å²) in [6.07, 6.45) is 3.33. The van der Waals surface area contributed by atoms with E-state index < -0.39 is 10.0 Å². The molecule has 1 fully saturated rings. The first-order valence-electron chi connectivity index (χ1n) is 7.92. The Morgan fingerprint density at radius 3 is 2.42 bits per heavy atom. The minimum absolute atomic E-state index is 0.00916. The number of urea groups is 1. The second-order valence-electron chi connectivity index (χ2n) is 5.81. The quantitative estimate of drug-likeness (QED) is 0.720. The normalized spacial score (nSPS) is 16.2. The van der Waals surface area contributed by atoms with Crippen LogP contribution < -0.4 is 15.5 Å². The highest BCUT2D eigenvalue weighted by molar-refractivity contribution is 7.89. The fraction of sp³-hybridized carbons (Fsp3) is 0.643. The molecule has 0 radical (unpaired) electrons. The highest BCUT2D eigenvalue weighted by Crippen LogP contribution is 2.12. The average molecular weight is 356 g/mol. The smallest absolute Gasteiger partial charge is 0.315 e. The molecule has 0 unspecified atom stereocenters. The molecule has 1 aromatic rings. The molecule has 0 spiro atoms. The van der Waals surface area contributed by atoms with Crippen LogP contribution in [0.5, 0.6) is 0 Å². The van der Waals surface area contributed by atoms with Gasteiger partial charge in [0.1, 0.15) is 0 Å². The first-order valence-corrected chi connectivity index (χ1v) is 9.53. The van der Waals surface area contributed by atoms with Crippen molar-refractivity contribution in [2.45, 2.75) is 19.9 Å². The highest BCUT2D eigenvalue weighted by Gasteiger charge is 2.27. The summed E-state index contributed by atoms with van der Waals surface area (Å²) in [4.78, 5) is 21.8. The lowest BCUT2D eigenvalue weighted by atomic mass is 10.4. The first kappa shape index (κ1) is 18.4. The van der Waals surface area contributed by atoms with Crippen LogP contribution in [0.15, 0.2) is 18.5 Å². The molecule has 2 rings (SSSR count). The van der Waals surface area contributed by atoms with Gasteiger partial charge in [-0.3, -0.25) is 0 Å². The molecule has 0 aliphatic carbocycles. The molecular weight excluding hydrogens is 332 g/mol. The van der Waals surface area contributed by atoms with Crippen molar-refractivity contribution in [1.82, 2.24) is 24.9 Å². The van der Waals surface area contributed by atoms with Crippen LogP contribution >= 0.6 is 0 Å². The summed E-state index contributed by atoms with van der Waals surface area (Å²) >= 11 is 0. The van der Waals surface area contributed by atoms with E-state index in [1.165, 1.54) is 4.31 Å². The number of carbonyl (C=O) groups excluding carboxylic acids is 1. The van der Waals surface area contributed by atoms with Crippen LogP contribution in [-0.4, -0.2) is 73.2 Å². The van der Waals surface area contributed by atoms with Crippen molar-refractivity contribution in [3.8, 4) is 0 Å². The van der Waals surface area contributed by atoms with E-state index in [0.717, 1.165) is 0 Å². The maximum atomic E-state index is 12.3. The van der Waals surface area contributed by atoms with Crippen LogP contribution in [-0.2, 0) is 10.0 Å². The lowest BCUT2D eigenvalue weighted by molar-refractivity contribution is 0.239. The number of carbonyl (C=O) groups is 1. The van der Waals surface area contributed by atoms with Crippen molar-refractivity contribution in [3.05, 3.63) is 18.5 Å². The van der Waals surface area contributed by atoms with Gasteiger partial charge in [0, 0.05) is 51.2 Å². The summed E-state index contributed by atoms with van der Waals surface area (Å²) in [6.45, 7) is 5.63. The van der Waals surface area contributed by atoms with Gasteiger partial charge in [-0.2, -0.15) is 4.31 Å². The Hall–Kier alpha value is -1.94. The molecule has 1 aliphatic rings. The van der Waals surface area contributed by atoms with Gasteiger partial charge >= 0.3 is 6.03 Å². The standard InChI is InChI=1S/C14H24N6O3S/c1-12(2)18-14(21)17-6-11-24(22,23)20-9-7-19(8-10-20)13-15-4-3-5-16-13/h3-5,12H,6-11H2,1-2H3,(H2,17,18,21). The Morgan fingerprint density at radius 1 is 1.21 bits per heavy atom. The predicted octanol–water partition coefficient (Wildman–Crippen LogP) is -0.364. The molecular formula is C14H24N6O3S. The molecule has 24 heavy (non-hydrogen) atoms. The number of hydrogen-bond acceptors (Lipinski definition) is 6. The van der Waals surface area contributed by atoms with Crippen molar-refractivity contribution in [3.63, 3.8) is 0 Å². The summed E-state index contributed by atoms with van der Waals surface area (Å²) in [5.41, 5.74) is 0. The van der Waals surface area contributed by atoms with E-state index in [1.807, 2.05) is 18.7 Å². The second kappa shape index (κ2) is 8.25. The number of anilines is 1. The van der Waals surface area contributed by atoms with Crippen molar-refractivity contribution in [1.29, 1.82) is 0 Å². The largest absolute Gasteiger partial charge is 0.338 e. The molecule has 2 N–H and O–H groups in total. The topological polar surface area (TPSA) is 108 Å². The molecule has 0 aromatic carbocycles. The minimum Gasteiger partial charge on any atom is -0.338 e. The predicted molar refractivity (Wildman–Crippen MR) is 91.3 cm³/mol. The van der Waals surface area contributed by atoms with E-state index in [4.69, 9.17) is 0 Å². The Balaban J connectivity index is 1.79. The van der Waals surface area contributed by atoms with Crippen LogP contribution in [0.1, 0.15) is 13.8 Å². The molecule has 10 heteroatoms. The maximum Gasteiger partial charge on any atom is 0.315 e. The monoisotopic (exact) mass is 356 g/mol. The number of piperazine rings is 1. The molecule has 2 amide bonds. The van der Waals surface area contributed by atoms with Gasteiger partial charge in [0.15, 0.2) is 0 Å². The van der Waals surface area contributed by atoms with Crippen molar-refractivity contribution < 1.29 is 13.2 Å². The number of hydrogen-bond donors (Lipinski definition) is 2. The van der Waals surface area contributed by atoms with E-state index in [-0.39, 0.29) is 24.4 Å². The van der Waals surface area contributed by atoms with Gasteiger partial charge in [-0.05, 0) is 19.9 Å². The van der Waals surface area contributed by atoms with Gasteiger partial charge in [0.2, 0.25) is 16.0 Å². The van der Waals surface area contributed by atoms with Gasteiger partial charge < -0.3 is 15.5 Å². The Kier molecular flexibility index (Phi) is 6.32. The van der Waals surface area contributed by atoms with E-state index >= 15 is 0 Å². The summed E-state index contributed by atoms with van der Waals surface area (Å²) in [7, 11) is -3.39. The molecule has 0 atom stereocenters. The number of nitrogens with zero attached hydrogens (tertiary/aromatic N) is 4. The van der Waals surface area contributed by atoms with Crippen LogP contribution in [0.2, 0.25) is 0 Å². The van der Waals surface area contributed by atoms with E-state index in [1.54, 1.807) is 18.5 Å². The van der Waals surface area contributed by atoms with E-state index in [9.17, 15) is 13.2 Å². The highest BCUT2D eigenvalue weighted by atomic mass is 32.2. The van der Waals surface area contributed by atoms with Crippen LogP contribution in [0.4, 0.5) is 10.7 Å². The number of nitrogens with one attached hydrogen (secondary N) is 2. The lowest BCUT2D eigenvalue weighted by Crippen LogP contribution is -2.51. The van der Waals surface area contributed by atoms with Gasteiger partial charge in [-0.25, -0.2) is 23.2 Å². The number of rotatable bonds is 6. The molecule has 2 heterocycles. The summed E-state index contributed by atoms with van der Waals surface area (Å²) < 4.78 is 26.1. The Bertz CT molecular complexity index is 629. The minimum atomic E-state index is -3.39. The first-order chi connectivity index (χ1) is 11.4.